The van der Waals surface area contributed by atoms with Crippen LogP contribution in [0.1, 0.15) is 24.6 Å². The largest absolute Gasteiger partial charge is 0.355 e. The summed E-state index contributed by atoms with van der Waals surface area (Å²) in [5.41, 5.74) is 3.35. The normalized spacial score (nSPS) is 10.8. The number of nitrogens with one attached hydrogen (secondary N) is 1. The van der Waals surface area contributed by atoms with Gasteiger partial charge in [-0.1, -0.05) is 43.0 Å². The number of thioether (sulfide) groups is 1. The summed E-state index contributed by atoms with van der Waals surface area (Å²) in [5, 5.41) is 3.60. The van der Waals surface area contributed by atoms with Gasteiger partial charge in [-0.15, -0.1) is 0 Å². The van der Waals surface area contributed by atoms with Crippen molar-refractivity contribution in [1.29, 1.82) is 0 Å². The molecule has 0 saturated carbocycles. The highest BCUT2D eigenvalue weighted by Crippen LogP contribution is 2.24. The molecule has 1 aromatic heterocycles. The second-order valence-corrected chi connectivity index (χ2v) is 6.87. The van der Waals surface area contributed by atoms with Crippen LogP contribution in [0.3, 0.4) is 0 Å². The van der Waals surface area contributed by atoms with E-state index in [0.717, 1.165) is 33.7 Å². The van der Waals surface area contributed by atoms with Gasteiger partial charge in [0.05, 0.1) is 22.5 Å². The van der Waals surface area contributed by atoms with Crippen molar-refractivity contribution >= 4 is 28.7 Å². The number of halogens is 1. The molecule has 0 spiro atoms. The molecule has 0 fully saturated rings. The minimum atomic E-state index is -0.263. The van der Waals surface area contributed by atoms with E-state index < -0.39 is 0 Å². The summed E-state index contributed by atoms with van der Waals surface area (Å²) < 4.78 is 13.1. The molecule has 0 aliphatic rings. The fourth-order valence-corrected chi connectivity index (χ4v) is 3.31. The van der Waals surface area contributed by atoms with Crippen LogP contribution in [0.25, 0.3) is 11.0 Å². The summed E-state index contributed by atoms with van der Waals surface area (Å²) >= 11 is 1.38. The van der Waals surface area contributed by atoms with Gasteiger partial charge in [0.2, 0.25) is 5.91 Å². The standard InChI is InChI=1S/C20H20FN3OS/c1-2-11-22-19(25)13-26-20-18(12-14-7-9-15(21)10-8-14)23-16-5-3-4-6-17(16)24-20/h3-10H,2,11-13H2,1H3,(H,22,25). The summed E-state index contributed by atoms with van der Waals surface area (Å²) in [5.74, 6) is 0.0174. The Morgan fingerprint density at radius 1 is 1.08 bits per heavy atom. The third-order valence-corrected chi connectivity index (χ3v) is 4.81. The summed E-state index contributed by atoms with van der Waals surface area (Å²) in [6.45, 7) is 2.69. The number of fused-ring (bicyclic) bond motifs is 1. The maximum atomic E-state index is 13.1. The van der Waals surface area contributed by atoms with E-state index in [0.29, 0.717) is 18.7 Å². The first-order valence-electron chi connectivity index (χ1n) is 8.55. The van der Waals surface area contributed by atoms with E-state index >= 15 is 0 Å². The van der Waals surface area contributed by atoms with Crippen molar-refractivity contribution in [2.24, 2.45) is 0 Å². The first-order chi connectivity index (χ1) is 12.7. The lowest BCUT2D eigenvalue weighted by Gasteiger charge is -2.10. The number of hydrogen-bond donors (Lipinski definition) is 1. The molecule has 0 unspecified atom stereocenters. The number of para-hydroxylation sites is 2. The maximum absolute atomic E-state index is 13.1. The van der Waals surface area contributed by atoms with Gasteiger partial charge >= 0.3 is 0 Å². The van der Waals surface area contributed by atoms with Crippen molar-refractivity contribution < 1.29 is 9.18 Å². The van der Waals surface area contributed by atoms with Gasteiger partial charge < -0.3 is 5.32 Å². The van der Waals surface area contributed by atoms with Crippen molar-refractivity contribution in [3.05, 3.63) is 65.6 Å². The van der Waals surface area contributed by atoms with Crippen molar-refractivity contribution in [2.45, 2.75) is 24.8 Å². The first-order valence-corrected chi connectivity index (χ1v) is 9.54. The molecule has 3 aromatic rings. The van der Waals surface area contributed by atoms with Crippen LogP contribution in [0.15, 0.2) is 53.6 Å². The second kappa shape index (κ2) is 8.76. The van der Waals surface area contributed by atoms with Gasteiger partial charge in [0.25, 0.3) is 0 Å². The zero-order valence-corrected chi connectivity index (χ0v) is 15.4. The molecule has 134 valence electrons. The predicted molar refractivity (Wildman–Crippen MR) is 103 cm³/mol. The quantitative estimate of drug-likeness (QED) is 0.640. The zero-order chi connectivity index (χ0) is 18.4. The van der Waals surface area contributed by atoms with Crippen LogP contribution >= 0.6 is 11.8 Å². The highest BCUT2D eigenvalue weighted by atomic mass is 32.2. The molecule has 2 aromatic carbocycles. The molecule has 1 amide bonds. The molecule has 26 heavy (non-hydrogen) atoms. The number of carbonyl (C=O) groups is 1. The minimum absolute atomic E-state index is 0.0143. The van der Waals surface area contributed by atoms with E-state index in [1.807, 2.05) is 31.2 Å². The van der Waals surface area contributed by atoms with E-state index in [9.17, 15) is 9.18 Å². The fraction of sp³-hybridized carbons (Fsp3) is 0.250. The number of rotatable bonds is 7. The molecule has 0 radical (unpaired) electrons. The van der Waals surface area contributed by atoms with Gasteiger partial charge in [-0.05, 0) is 36.2 Å². The van der Waals surface area contributed by atoms with Crippen molar-refractivity contribution in [1.82, 2.24) is 15.3 Å². The lowest BCUT2D eigenvalue weighted by atomic mass is 10.1. The molecule has 0 saturated heterocycles. The zero-order valence-electron chi connectivity index (χ0n) is 14.5. The summed E-state index contributed by atoms with van der Waals surface area (Å²) in [6.07, 6.45) is 1.44. The Hall–Kier alpha value is -2.47. The average Bonchev–Trinajstić information content (AvgIpc) is 2.66. The summed E-state index contributed by atoms with van der Waals surface area (Å²) in [4.78, 5) is 21.3. The topological polar surface area (TPSA) is 54.9 Å². The number of benzene rings is 2. The molecule has 1 N–H and O–H groups in total. The van der Waals surface area contributed by atoms with Crippen LogP contribution in [0.2, 0.25) is 0 Å². The van der Waals surface area contributed by atoms with Gasteiger partial charge in [-0.2, -0.15) is 0 Å². The predicted octanol–water partition coefficient (Wildman–Crippen LogP) is 3.98. The maximum Gasteiger partial charge on any atom is 0.230 e. The average molecular weight is 369 g/mol. The summed E-state index contributed by atoms with van der Waals surface area (Å²) in [6, 6.07) is 14.0. The number of hydrogen-bond acceptors (Lipinski definition) is 4. The molecular weight excluding hydrogens is 349 g/mol. The molecule has 0 aliphatic heterocycles. The fourth-order valence-electron chi connectivity index (χ4n) is 2.50. The van der Waals surface area contributed by atoms with Crippen LogP contribution < -0.4 is 5.32 Å². The molecule has 0 atom stereocenters. The smallest absolute Gasteiger partial charge is 0.230 e. The lowest BCUT2D eigenvalue weighted by molar-refractivity contribution is -0.118. The Kier molecular flexibility index (Phi) is 6.17. The van der Waals surface area contributed by atoms with Gasteiger partial charge in [0.15, 0.2) is 0 Å². The van der Waals surface area contributed by atoms with E-state index in [1.165, 1.54) is 23.9 Å². The molecule has 0 bridgehead atoms. The van der Waals surface area contributed by atoms with E-state index in [4.69, 9.17) is 4.98 Å². The van der Waals surface area contributed by atoms with Crippen LogP contribution in [0, 0.1) is 5.82 Å². The van der Waals surface area contributed by atoms with Crippen LogP contribution in [0.5, 0.6) is 0 Å². The molecular formula is C20H20FN3OS. The van der Waals surface area contributed by atoms with Gasteiger partial charge in [-0.25, -0.2) is 14.4 Å². The summed E-state index contributed by atoms with van der Waals surface area (Å²) in [7, 11) is 0. The molecule has 0 aliphatic carbocycles. The first kappa shape index (κ1) is 18.3. The number of aromatic nitrogens is 2. The van der Waals surface area contributed by atoms with Crippen molar-refractivity contribution in [2.75, 3.05) is 12.3 Å². The van der Waals surface area contributed by atoms with E-state index in [2.05, 4.69) is 10.3 Å². The number of nitrogens with zero attached hydrogens (tertiary/aromatic N) is 2. The van der Waals surface area contributed by atoms with Gasteiger partial charge in [-0.3, -0.25) is 4.79 Å². The highest BCUT2D eigenvalue weighted by Gasteiger charge is 2.12. The van der Waals surface area contributed by atoms with E-state index in [-0.39, 0.29) is 11.7 Å². The Morgan fingerprint density at radius 3 is 2.46 bits per heavy atom. The molecule has 3 rings (SSSR count). The molecule has 4 nitrogen and oxygen atoms in total. The van der Waals surface area contributed by atoms with Crippen molar-refractivity contribution in [3.63, 3.8) is 0 Å². The Balaban J connectivity index is 1.86. The molecule has 6 heteroatoms. The Morgan fingerprint density at radius 2 is 1.77 bits per heavy atom. The van der Waals surface area contributed by atoms with Gasteiger partial charge in [0.1, 0.15) is 10.8 Å². The third-order valence-electron chi connectivity index (χ3n) is 3.80. The van der Waals surface area contributed by atoms with Crippen LogP contribution in [-0.2, 0) is 11.2 Å². The Bertz CT molecular complexity index is 899. The highest BCUT2D eigenvalue weighted by molar-refractivity contribution is 7.99. The third kappa shape index (κ3) is 4.79. The lowest BCUT2D eigenvalue weighted by Crippen LogP contribution is -2.25. The number of carbonyl (C=O) groups excluding carboxylic acids is 1. The molecule has 1 heterocycles. The van der Waals surface area contributed by atoms with Gasteiger partial charge in [0, 0.05) is 13.0 Å². The minimum Gasteiger partial charge on any atom is -0.355 e. The van der Waals surface area contributed by atoms with Crippen LogP contribution in [0.4, 0.5) is 4.39 Å². The number of amides is 1. The monoisotopic (exact) mass is 369 g/mol. The van der Waals surface area contributed by atoms with Crippen LogP contribution in [-0.4, -0.2) is 28.2 Å². The SMILES string of the molecule is CCCNC(=O)CSc1nc2ccccc2nc1Cc1ccc(F)cc1. The second-order valence-electron chi connectivity index (χ2n) is 5.91. The Labute approximate surface area is 156 Å². The van der Waals surface area contributed by atoms with Crippen molar-refractivity contribution in [3.8, 4) is 0 Å². The van der Waals surface area contributed by atoms with E-state index in [1.54, 1.807) is 12.1 Å².